The Hall–Kier alpha value is -3.33. The van der Waals surface area contributed by atoms with E-state index in [1.54, 1.807) is 55.1 Å². The fourth-order valence-electron chi connectivity index (χ4n) is 4.76. The molecule has 1 saturated heterocycles. The SMILES string of the molecule is CC(C)(O)c1ccc(C(=O)N2CCC3(CC2)Oc2ccccc2-n2c(C(F)(F)F)ccc23)cn1. The van der Waals surface area contributed by atoms with Crippen LogP contribution in [0.5, 0.6) is 5.75 Å². The normalized spacial score (nSPS) is 17.2. The Morgan fingerprint density at radius 2 is 1.76 bits per heavy atom. The smallest absolute Gasteiger partial charge is 0.431 e. The van der Waals surface area contributed by atoms with Crippen LogP contribution in [-0.4, -0.2) is 38.6 Å². The van der Waals surface area contributed by atoms with Gasteiger partial charge in [0.15, 0.2) is 5.60 Å². The lowest BCUT2D eigenvalue weighted by atomic mass is 9.86. The van der Waals surface area contributed by atoms with Crippen molar-refractivity contribution in [3.05, 3.63) is 77.4 Å². The van der Waals surface area contributed by atoms with E-state index in [4.69, 9.17) is 4.74 Å². The predicted octanol–water partition coefficient (Wildman–Crippen LogP) is 4.64. The summed E-state index contributed by atoms with van der Waals surface area (Å²) in [6, 6.07) is 12.5. The summed E-state index contributed by atoms with van der Waals surface area (Å²) in [7, 11) is 0. The molecule has 0 saturated carbocycles. The van der Waals surface area contributed by atoms with Crippen molar-refractivity contribution in [3.63, 3.8) is 0 Å². The minimum Gasteiger partial charge on any atom is -0.479 e. The van der Waals surface area contributed by atoms with Gasteiger partial charge in [-0.1, -0.05) is 12.1 Å². The summed E-state index contributed by atoms with van der Waals surface area (Å²) in [6.45, 7) is 3.87. The average Bonchev–Trinajstić information content (AvgIpc) is 3.26. The highest BCUT2D eigenvalue weighted by Crippen LogP contribution is 2.48. The molecule has 2 aliphatic heterocycles. The zero-order valence-electron chi connectivity index (χ0n) is 18.8. The highest BCUT2D eigenvalue weighted by atomic mass is 19.4. The Bertz CT molecular complexity index is 1230. The summed E-state index contributed by atoms with van der Waals surface area (Å²) in [4.78, 5) is 18.9. The summed E-state index contributed by atoms with van der Waals surface area (Å²) < 4.78 is 48.9. The van der Waals surface area contributed by atoms with Crippen LogP contribution >= 0.6 is 0 Å². The van der Waals surface area contributed by atoms with Crippen LogP contribution in [0.1, 0.15) is 54.1 Å². The number of aromatic nitrogens is 2. The number of ether oxygens (including phenoxy) is 1. The molecule has 1 N–H and O–H groups in total. The van der Waals surface area contributed by atoms with E-state index in [0.717, 1.165) is 6.07 Å². The summed E-state index contributed by atoms with van der Waals surface area (Å²) >= 11 is 0. The highest BCUT2D eigenvalue weighted by molar-refractivity contribution is 5.94. The van der Waals surface area contributed by atoms with Gasteiger partial charge in [-0.25, -0.2) is 0 Å². The predicted molar refractivity (Wildman–Crippen MR) is 118 cm³/mol. The summed E-state index contributed by atoms with van der Waals surface area (Å²) in [6.07, 6.45) is -2.37. The minimum absolute atomic E-state index is 0.216. The number of halogens is 3. The van der Waals surface area contributed by atoms with Crippen LogP contribution in [0.15, 0.2) is 54.7 Å². The van der Waals surface area contributed by atoms with E-state index in [1.165, 1.54) is 16.8 Å². The third-order valence-electron chi connectivity index (χ3n) is 6.55. The van der Waals surface area contributed by atoms with Gasteiger partial charge in [0.25, 0.3) is 5.91 Å². The van der Waals surface area contributed by atoms with Crippen LogP contribution in [0.2, 0.25) is 0 Å². The van der Waals surface area contributed by atoms with Gasteiger partial charge in [0.2, 0.25) is 0 Å². The molecule has 2 aliphatic rings. The van der Waals surface area contributed by atoms with E-state index in [-0.39, 0.29) is 5.91 Å². The second-order valence-corrected chi connectivity index (χ2v) is 9.28. The van der Waals surface area contributed by atoms with Gasteiger partial charge in [-0.15, -0.1) is 0 Å². The number of pyridine rings is 1. The van der Waals surface area contributed by atoms with Crippen molar-refractivity contribution in [1.82, 2.24) is 14.5 Å². The first-order valence-electron chi connectivity index (χ1n) is 11.1. The molecular formula is C25H24F3N3O3. The Kier molecular flexibility index (Phi) is 5.02. The number of alkyl halides is 3. The van der Waals surface area contributed by atoms with Gasteiger partial charge in [-0.05, 0) is 50.2 Å². The van der Waals surface area contributed by atoms with Crippen LogP contribution in [0.3, 0.4) is 0 Å². The quantitative estimate of drug-likeness (QED) is 0.591. The number of piperidine rings is 1. The van der Waals surface area contributed by atoms with E-state index in [1.807, 2.05) is 0 Å². The number of aliphatic hydroxyl groups is 1. The molecule has 1 fully saturated rings. The Balaban J connectivity index is 1.42. The topological polar surface area (TPSA) is 67.6 Å². The maximum Gasteiger partial charge on any atom is 0.431 e. The summed E-state index contributed by atoms with van der Waals surface area (Å²) in [5.41, 5.74) is -1.16. The Morgan fingerprint density at radius 3 is 2.38 bits per heavy atom. The van der Waals surface area contributed by atoms with Crippen LogP contribution in [0.25, 0.3) is 5.69 Å². The van der Waals surface area contributed by atoms with Crippen molar-refractivity contribution in [3.8, 4) is 11.4 Å². The molecule has 3 aromatic rings. The van der Waals surface area contributed by atoms with Crippen LogP contribution in [-0.2, 0) is 17.4 Å². The number of benzene rings is 1. The number of amides is 1. The van der Waals surface area contributed by atoms with Crippen molar-refractivity contribution in [1.29, 1.82) is 0 Å². The maximum atomic E-state index is 13.8. The van der Waals surface area contributed by atoms with Gasteiger partial charge in [-0.2, -0.15) is 13.2 Å². The zero-order valence-corrected chi connectivity index (χ0v) is 18.8. The summed E-state index contributed by atoms with van der Waals surface area (Å²) in [5.74, 6) is 0.176. The molecule has 178 valence electrons. The molecular weight excluding hydrogens is 447 g/mol. The molecule has 0 unspecified atom stereocenters. The number of hydrogen-bond acceptors (Lipinski definition) is 4. The molecule has 0 aliphatic carbocycles. The fourth-order valence-corrected chi connectivity index (χ4v) is 4.76. The van der Waals surface area contributed by atoms with Gasteiger partial charge in [0.05, 0.1) is 22.6 Å². The first-order valence-corrected chi connectivity index (χ1v) is 11.1. The Morgan fingerprint density at radius 1 is 1.06 bits per heavy atom. The largest absolute Gasteiger partial charge is 0.479 e. The first kappa shape index (κ1) is 22.5. The maximum absolute atomic E-state index is 13.8. The lowest BCUT2D eigenvalue weighted by Gasteiger charge is -2.45. The number of carbonyl (C=O) groups excluding carboxylic acids is 1. The van der Waals surface area contributed by atoms with Crippen molar-refractivity contribution >= 4 is 5.91 Å². The second kappa shape index (κ2) is 7.59. The molecule has 4 heterocycles. The first-order chi connectivity index (χ1) is 16.0. The van der Waals surface area contributed by atoms with E-state index >= 15 is 0 Å². The molecule has 9 heteroatoms. The number of rotatable bonds is 2. The molecule has 34 heavy (non-hydrogen) atoms. The molecule has 5 rings (SSSR count). The molecule has 1 amide bonds. The van der Waals surface area contributed by atoms with Gasteiger partial charge in [-0.3, -0.25) is 9.78 Å². The van der Waals surface area contributed by atoms with Gasteiger partial charge in [0, 0.05) is 32.1 Å². The van der Waals surface area contributed by atoms with E-state index < -0.39 is 23.1 Å². The Labute approximate surface area is 194 Å². The van der Waals surface area contributed by atoms with E-state index in [9.17, 15) is 23.1 Å². The van der Waals surface area contributed by atoms with Crippen molar-refractivity contribution < 1.29 is 27.8 Å². The standard InChI is InChI=1S/C25H24F3N3O3/c1-23(2,33)19-8-7-16(15-29-19)22(32)30-13-11-24(12-14-30)20-9-10-21(25(26,27)28)31(20)17-5-3-4-6-18(17)34-24/h3-10,15,33H,11-14H2,1-2H3. The zero-order chi connectivity index (χ0) is 24.3. The van der Waals surface area contributed by atoms with E-state index in [2.05, 4.69) is 4.98 Å². The number of likely N-dealkylation sites (tertiary alicyclic amines) is 1. The molecule has 6 nitrogen and oxygen atoms in total. The molecule has 1 aromatic carbocycles. The lowest BCUT2D eigenvalue weighted by molar-refractivity contribution is -0.143. The highest BCUT2D eigenvalue weighted by Gasteiger charge is 2.48. The molecule has 0 atom stereocenters. The van der Waals surface area contributed by atoms with Gasteiger partial charge < -0.3 is 19.3 Å². The van der Waals surface area contributed by atoms with Crippen molar-refractivity contribution in [2.75, 3.05) is 13.1 Å². The fraction of sp³-hybridized carbons (Fsp3) is 0.360. The van der Waals surface area contributed by atoms with Crippen molar-refractivity contribution in [2.24, 2.45) is 0 Å². The second-order valence-electron chi connectivity index (χ2n) is 9.28. The average molecular weight is 471 g/mol. The number of fused-ring (bicyclic) bond motifs is 4. The summed E-state index contributed by atoms with van der Waals surface area (Å²) in [5, 5.41) is 10.1. The molecule has 0 bridgehead atoms. The van der Waals surface area contributed by atoms with Gasteiger partial charge in [0.1, 0.15) is 17.0 Å². The minimum atomic E-state index is -4.51. The molecule has 0 radical (unpaired) electrons. The third kappa shape index (κ3) is 3.64. The number of hydrogen-bond donors (Lipinski definition) is 1. The molecule has 1 spiro atoms. The van der Waals surface area contributed by atoms with Crippen LogP contribution in [0, 0.1) is 0 Å². The third-order valence-corrected chi connectivity index (χ3v) is 6.55. The van der Waals surface area contributed by atoms with E-state index in [0.29, 0.717) is 54.3 Å². The van der Waals surface area contributed by atoms with Crippen LogP contribution < -0.4 is 4.74 Å². The number of nitrogens with zero attached hydrogens (tertiary/aromatic N) is 3. The monoisotopic (exact) mass is 471 g/mol. The van der Waals surface area contributed by atoms with Gasteiger partial charge >= 0.3 is 6.18 Å². The molecule has 2 aromatic heterocycles. The lowest BCUT2D eigenvalue weighted by Crippen LogP contribution is -2.50. The number of carbonyl (C=O) groups is 1. The number of para-hydroxylation sites is 2. The van der Waals surface area contributed by atoms with Crippen molar-refractivity contribution in [2.45, 2.75) is 44.1 Å². The van der Waals surface area contributed by atoms with Crippen LogP contribution in [0.4, 0.5) is 13.2 Å².